The number of rotatable bonds is 10. The van der Waals surface area contributed by atoms with Gasteiger partial charge in [-0.15, -0.1) is 0 Å². The van der Waals surface area contributed by atoms with Crippen LogP contribution in [0.25, 0.3) is 93.4 Å². The van der Waals surface area contributed by atoms with Gasteiger partial charge in [-0.05, 0) is 135 Å². The van der Waals surface area contributed by atoms with Gasteiger partial charge in [-0.25, -0.2) is 0 Å². The summed E-state index contributed by atoms with van der Waals surface area (Å²) in [4.78, 5) is 2.37. The lowest BCUT2D eigenvalue weighted by atomic mass is 10.0. The number of hydrogen-bond donors (Lipinski definition) is 0. The van der Waals surface area contributed by atoms with Crippen molar-refractivity contribution >= 4 is 101 Å². The number of fused-ring (bicyclic) bond motifs is 9. The molecule has 0 spiro atoms. The molecule has 1 aliphatic rings. The molecule has 11 aromatic carbocycles. The van der Waals surface area contributed by atoms with Crippen molar-refractivity contribution in [1.82, 2.24) is 4.40 Å². The molecule has 0 bridgehead atoms. The Kier molecular flexibility index (Phi) is 10.4. The van der Waals surface area contributed by atoms with E-state index in [1.807, 2.05) is 12.1 Å². The van der Waals surface area contributed by atoms with Crippen LogP contribution in [0.15, 0.2) is 289 Å². The van der Waals surface area contributed by atoms with Gasteiger partial charge in [-0.3, -0.25) is 0 Å². The second kappa shape index (κ2) is 17.9. The lowest BCUT2D eigenvalue weighted by Gasteiger charge is -2.37. The predicted molar refractivity (Wildman–Crippen MR) is 323 cm³/mol. The van der Waals surface area contributed by atoms with Gasteiger partial charge >= 0.3 is 0 Å². The number of furan rings is 1. The molecule has 4 heteroatoms. The Bertz CT molecular complexity index is 4490. The van der Waals surface area contributed by atoms with Crippen molar-refractivity contribution < 1.29 is 4.42 Å². The van der Waals surface area contributed by atoms with E-state index in [-0.39, 0.29) is 0 Å². The number of benzene rings is 11. The quantitative estimate of drug-likeness (QED) is 0.101. The molecule has 1 aliphatic carbocycles. The van der Waals surface area contributed by atoms with E-state index >= 15 is 0 Å². The van der Waals surface area contributed by atoms with E-state index in [9.17, 15) is 0 Å². The monoisotopic (exact) mass is 986 g/mol. The molecule has 14 aromatic rings. The minimum atomic E-state index is -2.55. The standard InChI is InChI=1S/C72H50N2OSi/c1-4-15-58(16-5-1)76(59-17-6-2-7-18-59,60-19-8-3-9-20-60)61-43-33-50(34-44-61)49-27-37-55(38-28-49)73(57-41-31-52(32-42-57)54-35-45-64-63-22-11-13-26-70(63)75-71(64)48-54)56-39-29-51(30-40-56)53-36-46-69-67(47-53)66-24-14-23-65-62-21-10-12-25-68(62)74(69)72(65)66/h1-8,10-19,21-48H,9,20H2. The van der Waals surface area contributed by atoms with Gasteiger partial charge in [0.25, 0.3) is 0 Å². The molecule has 3 nitrogen and oxygen atoms in total. The lowest BCUT2D eigenvalue weighted by Crippen LogP contribution is -2.68. The number of allylic oxidation sites excluding steroid dienone is 4. The van der Waals surface area contributed by atoms with Crippen LogP contribution in [-0.4, -0.2) is 12.5 Å². The van der Waals surface area contributed by atoms with Gasteiger partial charge in [0.05, 0.1) is 16.6 Å². The molecule has 0 atom stereocenters. The van der Waals surface area contributed by atoms with E-state index in [1.54, 1.807) is 5.20 Å². The van der Waals surface area contributed by atoms with Crippen molar-refractivity contribution in [1.29, 1.82) is 0 Å². The van der Waals surface area contributed by atoms with Crippen LogP contribution in [-0.2, 0) is 0 Å². The van der Waals surface area contributed by atoms with Gasteiger partial charge < -0.3 is 13.7 Å². The first-order chi connectivity index (χ1) is 37.7. The average molecular weight is 987 g/mol. The third-order valence-electron chi connectivity index (χ3n) is 16.2. The second-order valence-corrected chi connectivity index (χ2v) is 24.2. The molecular formula is C72H50N2OSi. The van der Waals surface area contributed by atoms with Crippen LogP contribution in [0.5, 0.6) is 0 Å². The summed E-state index contributed by atoms with van der Waals surface area (Å²) in [6, 6.07) is 96.4. The summed E-state index contributed by atoms with van der Waals surface area (Å²) in [5, 5.41) is 13.2. The smallest absolute Gasteiger partial charge is 0.175 e. The molecule has 0 fully saturated rings. The largest absolute Gasteiger partial charge is 0.456 e. The Labute approximate surface area is 442 Å². The van der Waals surface area contributed by atoms with Crippen molar-refractivity contribution in [3.8, 4) is 33.4 Å². The van der Waals surface area contributed by atoms with Gasteiger partial charge in [0, 0.05) is 49.4 Å². The van der Waals surface area contributed by atoms with Crippen LogP contribution in [0.4, 0.5) is 17.1 Å². The Hall–Kier alpha value is -9.48. The molecule has 0 saturated carbocycles. The highest BCUT2D eigenvalue weighted by Crippen LogP contribution is 2.42. The maximum atomic E-state index is 6.31. The summed E-state index contributed by atoms with van der Waals surface area (Å²) in [6.07, 6.45) is 9.11. The zero-order valence-electron chi connectivity index (χ0n) is 41.8. The normalized spacial score (nSPS) is 12.9. The number of nitrogens with zero attached hydrogens (tertiary/aromatic N) is 2. The Morgan fingerprint density at radius 1 is 0.355 bits per heavy atom. The SMILES string of the molecule is C1=CCCC([Si](c2ccccc2)(c2ccccc2)c2ccc(-c3ccc(N(c4ccc(-c5ccc6c(c5)oc5ccccc56)cc4)c4ccc(-c5ccc6c(c5)c5cccc7c8ccccc8n6c75)cc4)cc3)cc2)=C1. The fraction of sp³-hybridized carbons (Fsp3) is 0.0278. The van der Waals surface area contributed by atoms with Crippen LogP contribution in [0.2, 0.25) is 0 Å². The first-order valence-corrected chi connectivity index (χ1v) is 28.4. The third kappa shape index (κ3) is 7.02. The lowest BCUT2D eigenvalue weighted by molar-refractivity contribution is 0.669. The molecule has 0 saturated heterocycles. The third-order valence-corrected chi connectivity index (χ3v) is 21.2. The van der Waals surface area contributed by atoms with Gasteiger partial charge in [-0.2, -0.15) is 0 Å². The minimum absolute atomic E-state index is 0.898. The van der Waals surface area contributed by atoms with Crippen LogP contribution < -0.4 is 20.5 Å². The summed E-state index contributed by atoms with van der Waals surface area (Å²) in [5.41, 5.74) is 15.9. The fourth-order valence-electron chi connectivity index (χ4n) is 12.6. The van der Waals surface area contributed by atoms with Gasteiger partial charge in [0.1, 0.15) is 11.2 Å². The van der Waals surface area contributed by atoms with Crippen molar-refractivity contribution in [3.63, 3.8) is 0 Å². The van der Waals surface area contributed by atoms with Crippen molar-refractivity contribution in [2.75, 3.05) is 4.90 Å². The summed E-state index contributed by atoms with van der Waals surface area (Å²) in [7, 11) is -2.55. The van der Waals surface area contributed by atoms with Crippen LogP contribution in [0, 0.1) is 0 Å². The van der Waals surface area contributed by atoms with E-state index in [1.165, 1.54) is 75.9 Å². The molecule has 3 heterocycles. The maximum Gasteiger partial charge on any atom is 0.175 e. The number of hydrogen-bond acceptors (Lipinski definition) is 2. The summed E-state index contributed by atoms with van der Waals surface area (Å²) in [6.45, 7) is 0. The van der Waals surface area contributed by atoms with Crippen LogP contribution in [0.1, 0.15) is 12.8 Å². The zero-order valence-corrected chi connectivity index (χ0v) is 42.8. The summed E-state index contributed by atoms with van der Waals surface area (Å²) >= 11 is 0. The molecule has 0 radical (unpaired) electrons. The molecule has 358 valence electrons. The van der Waals surface area contributed by atoms with E-state index in [0.29, 0.717) is 0 Å². The zero-order chi connectivity index (χ0) is 50.2. The Morgan fingerprint density at radius 3 is 1.46 bits per heavy atom. The predicted octanol–water partition coefficient (Wildman–Crippen LogP) is 17.5. The summed E-state index contributed by atoms with van der Waals surface area (Å²) < 4.78 is 8.75. The Balaban J connectivity index is 0.794. The van der Waals surface area contributed by atoms with Crippen LogP contribution >= 0.6 is 0 Å². The highest BCUT2D eigenvalue weighted by Gasteiger charge is 2.42. The first kappa shape index (κ1) is 44.0. The van der Waals surface area contributed by atoms with Crippen molar-refractivity contribution in [3.05, 3.63) is 284 Å². The number of para-hydroxylation sites is 3. The number of anilines is 3. The maximum absolute atomic E-state index is 6.31. The van der Waals surface area contributed by atoms with Crippen LogP contribution in [0.3, 0.4) is 0 Å². The molecule has 3 aromatic heterocycles. The summed E-state index contributed by atoms with van der Waals surface area (Å²) in [5.74, 6) is 0. The topological polar surface area (TPSA) is 20.8 Å². The van der Waals surface area contributed by atoms with Gasteiger partial charge in [0.15, 0.2) is 8.07 Å². The minimum Gasteiger partial charge on any atom is -0.456 e. The Morgan fingerprint density at radius 2 is 0.829 bits per heavy atom. The van der Waals surface area contributed by atoms with E-state index in [2.05, 4.69) is 276 Å². The average Bonchev–Trinajstić information content (AvgIpc) is 4.25. The van der Waals surface area contributed by atoms with Gasteiger partial charge in [-0.1, -0.05) is 211 Å². The highest BCUT2D eigenvalue weighted by molar-refractivity contribution is 7.16. The number of aromatic nitrogens is 1. The molecule has 0 unspecified atom stereocenters. The molecule has 15 rings (SSSR count). The van der Waals surface area contributed by atoms with Crippen molar-refractivity contribution in [2.24, 2.45) is 0 Å². The first-order valence-electron chi connectivity index (χ1n) is 26.4. The molecule has 0 N–H and O–H groups in total. The highest BCUT2D eigenvalue weighted by atomic mass is 28.3. The van der Waals surface area contributed by atoms with Gasteiger partial charge in [0.2, 0.25) is 0 Å². The van der Waals surface area contributed by atoms with E-state index < -0.39 is 8.07 Å². The van der Waals surface area contributed by atoms with E-state index in [0.717, 1.165) is 63.0 Å². The molecule has 76 heavy (non-hydrogen) atoms. The second-order valence-electron chi connectivity index (χ2n) is 20.3. The van der Waals surface area contributed by atoms with Crippen molar-refractivity contribution in [2.45, 2.75) is 12.8 Å². The molecular weight excluding hydrogens is 937 g/mol. The molecule has 0 aliphatic heterocycles. The molecule has 0 amide bonds. The fourth-order valence-corrected chi connectivity index (χ4v) is 17.7. The van der Waals surface area contributed by atoms with E-state index in [4.69, 9.17) is 4.42 Å².